The van der Waals surface area contributed by atoms with Gasteiger partial charge in [0, 0.05) is 0 Å². The van der Waals surface area contributed by atoms with Crippen molar-refractivity contribution in [3.05, 3.63) is 35.9 Å². The Morgan fingerprint density at radius 2 is 1.71 bits per heavy atom. The maximum atomic E-state index is 12.8. The standard InChI is InChI=1S/C28H42O7/c1-4-5-6-7-8-9-13-16-20(32-26(30)19-14-11-10-12-15-19)21-17-18-22(31-21)24-23(29)25-27(33-24)35-28(2,3)34-25/h10-12,14-15,20-25,27,29H,4-9,13,16-18H2,1-3H3/t20-,21-,22+,23+,24+,25-,27+/m1/s1. The van der Waals surface area contributed by atoms with Crippen LogP contribution in [0.2, 0.25) is 0 Å². The first-order valence-electron chi connectivity index (χ1n) is 13.5. The number of carbonyl (C=O) groups is 1. The van der Waals surface area contributed by atoms with Crippen LogP contribution in [0, 0.1) is 0 Å². The SMILES string of the molecule is CCCCCCCCC[C@@H](OC(=O)c1ccccc1)[C@H]1CC[C@@H]([C@@H]2O[C@H]3OC(C)(C)O[C@@H]3[C@H]2O)O1. The predicted molar refractivity (Wildman–Crippen MR) is 131 cm³/mol. The molecule has 0 radical (unpaired) electrons. The lowest BCUT2D eigenvalue weighted by Crippen LogP contribution is -2.42. The highest BCUT2D eigenvalue weighted by Gasteiger charge is 2.57. The second-order valence-corrected chi connectivity index (χ2v) is 10.6. The summed E-state index contributed by atoms with van der Waals surface area (Å²) in [5.74, 6) is -1.09. The number of aliphatic hydroxyl groups is 1. The summed E-state index contributed by atoms with van der Waals surface area (Å²) in [7, 11) is 0. The Labute approximate surface area is 209 Å². The van der Waals surface area contributed by atoms with Gasteiger partial charge in [-0.15, -0.1) is 0 Å². The zero-order valence-electron chi connectivity index (χ0n) is 21.4. The molecule has 196 valence electrons. The quantitative estimate of drug-likeness (QED) is 0.321. The fraction of sp³-hybridized carbons (Fsp3) is 0.750. The van der Waals surface area contributed by atoms with E-state index in [2.05, 4.69) is 6.92 Å². The number of benzene rings is 1. The van der Waals surface area contributed by atoms with Gasteiger partial charge in [0.15, 0.2) is 12.1 Å². The van der Waals surface area contributed by atoms with E-state index in [0.717, 1.165) is 32.1 Å². The lowest BCUT2D eigenvalue weighted by Gasteiger charge is -2.28. The van der Waals surface area contributed by atoms with Crippen LogP contribution in [0.3, 0.4) is 0 Å². The minimum atomic E-state index is -0.820. The van der Waals surface area contributed by atoms with Gasteiger partial charge in [-0.05, 0) is 51.7 Å². The van der Waals surface area contributed by atoms with E-state index in [4.69, 9.17) is 23.7 Å². The molecule has 35 heavy (non-hydrogen) atoms. The molecular formula is C28H42O7. The smallest absolute Gasteiger partial charge is 0.338 e. The van der Waals surface area contributed by atoms with Crippen molar-refractivity contribution in [3.8, 4) is 0 Å². The molecule has 1 N–H and O–H groups in total. The maximum absolute atomic E-state index is 12.8. The van der Waals surface area contributed by atoms with Gasteiger partial charge >= 0.3 is 5.97 Å². The van der Waals surface area contributed by atoms with E-state index in [1.165, 1.54) is 32.1 Å². The molecule has 3 aliphatic heterocycles. The highest BCUT2D eigenvalue weighted by molar-refractivity contribution is 5.89. The molecule has 1 aromatic carbocycles. The van der Waals surface area contributed by atoms with Gasteiger partial charge in [-0.25, -0.2) is 4.79 Å². The van der Waals surface area contributed by atoms with Crippen molar-refractivity contribution < 1.29 is 33.6 Å². The van der Waals surface area contributed by atoms with Crippen molar-refractivity contribution >= 4 is 5.97 Å². The molecule has 0 bridgehead atoms. The van der Waals surface area contributed by atoms with Gasteiger partial charge in [0.05, 0.1) is 17.8 Å². The first-order chi connectivity index (χ1) is 16.9. The lowest BCUT2D eigenvalue weighted by molar-refractivity contribution is -0.229. The third-order valence-corrected chi connectivity index (χ3v) is 7.28. The van der Waals surface area contributed by atoms with Gasteiger partial charge < -0.3 is 28.8 Å². The van der Waals surface area contributed by atoms with E-state index in [1.54, 1.807) is 12.1 Å². The first kappa shape index (κ1) is 26.6. The highest BCUT2D eigenvalue weighted by atomic mass is 16.8. The van der Waals surface area contributed by atoms with Gasteiger partial charge in [-0.3, -0.25) is 0 Å². The number of carbonyl (C=O) groups excluding carboxylic acids is 1. The molecule has 0 unspecified atom stereocenters. The Hall–Kier alpha value is -1.51. The number of hydrogen-bond donors (Lipinski definition) is 1. The van der Waals surface area contributed by atoms with Gasteiger partial charge in [0.25, 0.3) is 0 Å². The monoisotopic (exact) mass is 490 g/mol. The summed E-state index contributed by atoms with van der Waals surface area (Å²) in [6, 6.07) is 9.10. The molecule has 3 aliphatic rings. The topological polar surface area (TPSA) is 83.5 Å². The van der Waals surface area contributed by atoms with Crippen LogP contribution in [0.25, 0.3) is 0 Å². The molecule has 3 fully saturated rings. The van der Waals surface area contributed by atoms with E-state index < -0.39 is 30.4 Å². The normalized spacial score (nSPS) is 32.5. The van der Waals surface area contributed by atoms with E-state index in [0.29, 0.717) is 5.56 Å². The van der Waals surface area contributed by atoms with Crippen LogP contribution >= 0.6 is 0 Å². The molecule has 0 spiro atoms. The number of ether oxygens (including phenoxy) is 5. The third-order valence-electron chi connectivity index (χ3n) is 7.28. The molecule has 7 heteroatoms. The van der Waals surface area contributed by atoms with Crippen LogP contribution in [-0.4, -0.2) is 59.8 Å². The Morgan fingerprint density at radius 1 is 1.00 bits per heavy atom. The van der Waals surface area contributed by atoms with E-state index in [1.807, 2.05) is 32.0 Å². The minimum Gasteiger partial charge on any atom is -0.456 e. The summed E-state index contributed by atoms with van der Waals surface area (Å²) in [4.78, 5) is 12.8. The van der Waals surface area contributed by atoms with Crippen LogP contribution in [0.15, 0.2) is 30.3 Å². The fourth-order valence-corrected chi connectivity index (χ4v) is 5.43. The summed E-state index contributed by atoms with van der Waals surface area (Å²) >= 11 is 0. The number of unbranched alkanes of at least 4 members (excludes halogenated alkanes) is 6. The molecule has 4 rings (SSSR count). The molecular weight excluding hydrogens is 448 g/mol. The largest absolute Gasteiger partial charge is 0.456 e. The summed E-state index contributed by atoms with van der Waals surface area (Å²) in [5, 5.41) is 10.8. The van der Waals surface area contributed by atoms with Crippen molar-refractivity contribution in [1.29, 1.82) is 0 Å². The Kier molecular flexibility index (Phi) is 9.22. The summed E-state index contributed by atoms with van der Waals surface area (Å²) in [6.07, 6.45) is 7.36. The number of esters is 1. The van der Waals surface area contributed by atoms with Crippen LogP contribution in [0.1, 0.15) is 95.3 Å². The molecule has 3 saturated heterocycles. The van der Waals surface area contributed by atoms with Crippen LogP contribution in [-0.2, 0) is 23.7 Å². The zero-order chi connectivity index (χ0) is 24.8. The van der Waals surface area contributed by atoms with E-state index >= 15 is 0 Å². The van der Waals surface area contributed by atoms with E-state index in [-0.39, 0.29) is 24.3 Å². The molecule has 3 heterocycles. The molecule has 7 atom stereocenters. The maximum Gasteiger partial charge on any atom is 0.338 e. The molecule has 1 aromatic rings. The highest BCUT2D eigenvalue weighted by Crippen LogP contribution is 2.41. The number of fused-ring (bicyclic) bond motifs is 1. The fourth-order valence-electron chi connectivity index (χ4n) is 5.43. The molecule has 0 aliphatic carbocycles. The average Bonchev–Trinajstić information content (AvgIpc) is 3.52. The molecule has 7 nitrogen and oxygen atoms in total. The average molecular weight is 491 g/mol. The Balaban J connectivity index is 1.33. The minimum absolute atomic E-state index is 0.220. The zero-order valence-corrected chi connectivity index (χ0v) is 21.4. The predicted octanol–water partition coefficient (Wildman–Crippen LogP) is 5.14. The second-order valence-electron chi connectivity index (χ2n) is 10.6. The summed E-state index contributed by atoms with van der Waals surface area (Å²) < 4.78 is 30.0. The molecule has 0 amide bonds. The van der Waals surface area contributed by atoms with Crippen molar-refractivity contribution in [2.75, 3.05) is 0 Å². The first-order valence-corrected chi connectivity index (χ1v) is 13.5. The van der Waals surface area contributed by atoms with E-state index in [9.17, 15) is 9.90 Å². The number of aliphatic hydroxyl groups excluding tert-OH is 1. The third kappa shape index (κ3) is 6.83. The van der Waals surface area contributed by atoms with Gasteiger partial charge in [0.2, 0.25) is 0 Å². The summed E-state index contributed by atoms with van der Waals surface area (Å²) in [6.45, 7) is 5.85. The van der Waals surface area contributed by atoms with Gasteiger partial charge in [-0.2, -0.15) is 0 Å². The van der Waals surface area contributed by atoms with Crippen molar-refractivity contribution in [3.63, 3.8) is 0 Å². The van der Waals surface area contributed by atoms with Gasteiger partial charge in [-0.1, -0.05) is 63.6 Å². The van der Waals surface area contributed by atoms with Crippen molar-refractivity contribution in [2.45, 2.75) is 134 Å². The Morgan fingerprint density at radius 3 is 2.43 bits per heavy atom. The summed E-state index contributed by atoms with van der Waals surface area (Å²) in [5.41, 5.74) is 0.547. The second kappa shape index (κ2) is 12.2. The van der Waals surface area contributed by atoms with Crippen LogP contribution in [0.5, 0.6) is 0 Å². The number of hydrogen-bond acceptors (Lipinski definition) is 7. The molecule has 0 aromatic heterocycles. The lowest BCUT2D eigenvalue weighted by atomic mass is 10.00. The Bertz CT molecular complexity index is 798. The van der Waals surface area contributed by atoms with Crippen molar-refractivity contribution in [2.24, 2.45) is 0 Å². The van der Waals surface area contributed by atoms with Crippen LogP contribution in [0.4, 0.5) is 0 Å². The van der Waals surface area contributed by atoms with Crippen molar-refractivity contribution in [1.82, 2.24) is 0 Å². The van der Waals surface area contributed by atoms with Crippen LogP contribution < -0.4 is 0 Å². The van der Waals surface area contributed by atoms with Gasteiger partial charge in [0.1, 0.15) is 24.4 Å². The molecule has 0 saturated carbocycles. The number of rotatable bonds is 12.